The largest absolute Gasteiger partial charge is 0.550 e. The summed E-state index contributed by atoms with van der Waals surface area (Å²) in [6, 6.07) is 10.0. The predicted octanol–water partition coefficient (Wildman–Crippen LogP) is 1.51. The average molecular weight is 348 g/mol. The van der Waals surface area contributed by atoms with E-state index < -0.39 is 5.97 Å². The van der Waals surface area contributed by atoms with E-state index in [1.165, 1.54) is 5.56 Å². The van der Waals surface area contributed by atoms with Crippen molar-refractivity contribution in [2.24, 2.45) is 0 Å². The number of nitrogens with zero attached hydrogens (tertiary/aromatic N) is 1. The number of carboxylic acids is 1. The van der Waals surface area contributed by atoms with Gasteiger partial charge in [0.05, 0.1) is 33.7 Å². The molecule has 0 fully saturated rings. The Labute approximate surface area is 151 Å². The maximum Gasteiger partial charge on any atom is 0.220 e. The van der Waals surface area contributed by atoms with Crippen LogP contribution < -0.4 is 10.4 Å². The number of carboxylic acid groups (broad SMARTS) is 1. The predicted molar refractivity (Wildman–Crippen MR) is 97.7 cm³/mol. The first-order valence-corrected chi connectivity index (χ1v) is 9.10. The summed E-state index contributed by atoms with van der Waals surface area (Å²) in [5.41, 5.74) is 1.35. The fourth-order valence-corrected chi connectivity index (χ4v) is 2.94. The normalized spacial score (nSPS) is 12.6. The maximum absolute atomic E-state index is 12.0. The molecule has 25 heavy (non-hydrogen) atoms. The second-order valence-corrected chi connectivity index (χ2v) is 7.71. The van der Waals surface area contributed by atoms with Gasteiger partial charge in [0.15, 0.2) is 0 Å². The Bertz CT molecular complexity index is 523. The highest BCUT2D eigenvalue weighted by molar-refractivity contribution is 5.77. The molecule has 5 nitrogen and oxygen atoms in total. The van der Waals surface area contributed by atoms with Crippen LogP contribution >= 0.6 is 0 Å². The van der Waals surface area contributed by atoms with E-state index in [0.717, 1.165) is 32.1 Å². The molecule has 0 heterocycles. The first-order chi connectivity index (χ1) is 11.8. The Balaban J connectivity index is 2.20. The van der Waals surface area contributed by atoms with Crippen LogP contribution in [0.25, 0.3) is 0 Å². The molecule has 1 atom stereocenters. The third-order valence-electron chi connectivity index (χ3n) is 4.01. The summed E-state index contributed by atoms with van der Waals surface area (Å²) in [5, 5.41) is 13.7. The summed E-state index contributed by atoms with van der Waals surface area (Å²) in [6.07, 6.45) is 5.46. The van der Waals surface area contributed by atoms with Crippen LogP contribution in [0.3, 0.4) is 0 Å². The number of hydrogen-bond donors (Lipinski definition) is 1. The van der Waals surface area contributed by atoms with Gasteiger partial charge in [-0.25, -0.2) is 0 Å². The van der Waals surface area contributed by atoms with Gasteiger partial charge in [-0.2, -0.15) is 0 Å². The fourth-order valence-electron chi connectivity index (χ4n) is 2.94. The quantitative estimate of drug-likeness (QED) is 0.460. The molecule has 5 heteroatoms. The molecule has 0 bridgehead atoms. The van der Waals surface area contributed by atoms with Crippen molar-refractivity contribution in [3.05, 3.63) is 35.9 Å². The minimum absolute atomic E-state index is 0.0669. The number of carbonyl (C=O) groups excluding carboxylic acids is 2. The van der Waals surface area contributed by atoms with Crippen LogP contribution in [0.1, 0.15) is 44.1 Å². The number of amides is 1. The SMILES string of the molecule is C[N+](C)(C)C[C@@H](CC(=O)[O-])NC(=O)CCCCCCc1ccccc1. The van der Waals surface area contributed by atoms with Gasteiger partial charge < -0.3 is 19.7 Å². The van der Waals surface area contributed by atoms with Crippen molar-refractivity contribution in [2.75, 3.05) is 27.7 Å². The lowest BCUT2D eigenvalue weighted by molar-refractivity contribution is -0.871. The van der Waals surface area contributed by atoms with E-state index in [9.17, 15) is 14.7 Å². The van der Waals surface area contributed by atoms with Crippen LogP contribution in [0.15, 0.2) is 30.3 Å². The van der Waals surface area contributed by atoms with Gasteiger partial charge in [0.25, 0.3) is 0 Å². The summed E-state index contributed by atoms with van der Waals surface area (Å²) >= 11 is 0. The van der Waals surface area contributed by atoms with E-state index >= 15 is 0 Å². The number of likely N-dealkylation sites (N-methyl/N-ethyl adjacent to an activating group) is 1. The number of carbonyl (C=O) groups is 2. The third-order valence-corrected chi connectivity index (χ3v) is 4.01. The molecular weight excluding hydrogens is 316 g/mol. The third kappa shape index (κ3) is 11.3. The summed E-state index contributed by atoms with van der Waals surface area (Å²) in [7, 11) is 5.92. The zero-order valence-corrected chi connectivity index (χ0v) is 15.8. The molecule has 0 radical (unpaired) electrons. The minimum atomic E-state index is -1.13. The highest BCUT2D eigenvalue weighted by atomic mass is 16.4. The second-order valence-electron chi connectivity index (χ2n) is 7.71. The van der Waals surface area contributed by atoms with Gasteiger partial charge in [-0.3, -0.25) is 4.79 Å². The van der Waals surface area contributed by atoms with Crippen LogP contribution in [0, 0.1) is 0 Å². The van der Waals surface area contributed by atoms with Crippen LogP contribution in [0.5, 0.6) is 0 Å². The molecule has 1 rings (SSSR count). The Morgan fingerprint density at radius 2 is 1.68 bits per heavy atom. The zero-order chi connectivity index (χ0) is 18.7. The number of hydrogen-bond acceptors (Lipinski definition) is 3. The topological polar surface area (TPSA) is 69.2 Å². The van der Waals surface area contributed by atoms with E-state index in [1.54, 1.807) is 0 Å². The molecule has 0 saturated carbocycles. The van der Waals surface area contributed by atoms with Crippen LogP contribution in [-0.4, -0.2) is 50.1 Å². The Morgan fingerprint density at radius 3 is 2.28 bits per heavy atom. The van der Waals surface area contributed by atoms with Gasteiger partial charge >= 0.3 is 0 Å². The van der Waals surface area contributed by atoms with Gasteiger partial charge in [0.1, 0.15) is 0 Å². The number of benzene rings is 1. The molecule has 1 aromatic carbocycles. The molecule has 0 aliphatic heterocycles. The van der Waals surface area contributed by atoms with Crippen molar-refractivity contribution in [1.29, 1.82) is 0 Å². The van der Waals surface area contributed by atoms with Crippen molar-refractivity contribution in [3.63, 3.8) is 0 Å². The Hall–Kier alpha value is -1.88. The molecule has 0 unspecified atom stereocenters. The summed E-state index contributed by atoms with van der Waals surface area (Å²) in [6.45, 7) is 0.566. The molecule has 0 aliphatic carbocycles. The van der Waals surface area contributed by atoms with Crippen LogP contribution in [-0.2, 0) is 16.0 Å². The molecule has 0 spiro atoms. The zero-order valence-electron chi connectivity index (χ0n) is 15.8. The molecule has 0 saturated heterocycles. The smallest absolute Gasteiger partial charge is 0.220 e. The van der Waals surface area contributed by atoms with Crippen molar-refractivity contribution in [2.45, 2.75) is 51.0 Å². The number of unbranched alkanes of at least 4 members (excludes halogenated alkanes) is 3. The van der Waals surface area contributed by atoms with Gasteiger partial charge in [0, 0.05) is 18.8 Å². The van der Waals surface area contributed by atoms with E-state index in [4.69, 9.17) is 0 Å². The summed E-state index contributed by atoms with van der Waals surface area (Å²) < 4.78 is 0.595. The number of quaternary nitrogens is 1. The van der Waals surface area contributed by atoms with E-state index in [-0.39, 0.29) is 18.4 Å². The highest BCUT2D eigenvalue weighted by Crippen LogP contribution is 2.09. The van der Waals surface area contributed by atoms with Crippen molar-refractivity contribution in [3.8, 4) is 0 Å². The summed E-state index contributed by atoms with van der Waals surface area (Å²) in [5.74, 6) is -1.19. The Kier molecular flexibility index (Phi) is 9.21. The lowest BCUT2D eigenvalue weighted by Crippen LogP contribution is -2.50. The van der Waals surface area contributed by atoms with Gasteiger partial charge in [-0.05, 0) is 24.8 Å². The van der Waals surface area contributed by atoms with Crippen molar-refractivity contribution in [1.82, 2.24) is 5.32 Å². The Morgan fingerprint density at radius 1 is 1.04 bits per heavy atom. The van der Waals surface area contributed by atoms with Gasteiger partial charge in [0.2, 0.25) is 5.91 Å². The minimum Gasteiger partial charge on any atom is -0.550 e. The number of aryl methyl sites for hydroxylation is 1. The lowest BCUT2D eigenvalue weighted by atomic mass is 10.1. The van der Waals surface area contributed by atoms with Crippen molar-refractivity contribution < 1.29 is 19.2 Å². The molecule has 1 amide bonds. The van der Waals surface area contributed by atoms with E-state index in [2.05, 4.69) is 29.6 Å². The van der Waals surface area contributed by atoms with Crippen LogP contribution in [0.2, 0.25) is 0 Å². The monoisotopic (exact) mass is 348 g/mol. The van der Waals surface area contributed by atoms with Crippen molar-refractivity contribution >= 4 is 11.9 Å². The molecule has 140 valence electrons. The number of aliphatic carboxylic acids is 1. The maximum atomic E-state index is 12.0. The molecule has 0 aliphatic rings. The van der Waals surface area contributed by atoms with Crippen LogP contribution in [0.4, 0.5) is 0 Å². The number of nitrogens with one attached hydrogen (secondary N) is 1. The van der Waals surface area contributed by atoms with E-state index in [0.29, 0.717) is 17.4 Å². The fraction of sp³-hybridized carbons (Fsp3) is 0.600. The van der Waals surface area contributed by atoms with Gasteiger partial charge in [-0.1, -0.05) is 43.2 Å². The highest BCUT2D eigenvalue weighted by Gasteiger charge is 2.20. The first-order valence-electron chi connectivity index (χ1n) is 9.10. The molecular formula is C20H32N2O3. The molecule has 0 aromatic heterocycles. The molecule has 1 aromatic rings. The average Bonchev–Trinajstić information content (AvgIpc) is 2.49. The van der Waals surface area contributed by atoms with E-state index in [1.807, 2.05) is 27.2 Å². The molecule has 1 N–H and O–H groups in total. The first kappa shape index (κ1) is 21.2. The summed E-state index contributed by atoms with van der Waals surface area (Å²) in [4.78, 5) is 22.9. The standard InChI is InChI=1S/C20H32N2O3/c1-22(2,3)16-18(15-20(24)25)21-19(23)14-10-5-4-7-11-17-12-8-6-9-13-17/h6,8-9,12-13,18H,4-5,7,10-11,14-16H2,1-3H3,(H-,21,23,24,25)/t18-/m1/s1. The second kappa shape index (κ2) is 10.9. The number of rotatable bonds is 12. The lowest BCUT2D eigenvalue weighted by Gasteiger charge is -2.30. The van der Waals surface area contributed by atoms with Gasteiger partial charge in [-0.15, -0.1) is 0 Å².